The predicted molar refractivity (Wildman–Crippen MR) is 58.7 cm³/mol. The zero-order valence-electron chi connectivity index (χ0n) is 9.45. The van der Waals surface area contributed by atoms with Crippen LogP contribution in [0.4, 0.5) is 0 Å². The smallest absolute Gasteiger partial charge is 0.224 e. The third-order valence-corrected chi connectivity index (χ3v) is 2.75. The number of carbonyl (C=O) groups is 1. The SMILES string of the molecule is Cc1cnc(CNC(=O)[C@H]2CCCNC2)o1. The highest BCUT2D eigenvalue weighted by Gasteiger charge is 2.20. The van der Waals surface area contributed by atoms with Gasteiger partial charge in [-0.25, -0.2) is 4.98 Å². The molecule has 1 aliphatic rings. The van der Waals surface area contributed by atoms with Crippen molar-refractivity contribution in [3.05, 3.63) is 17.8 Å². The molecule has 2 heterocycles. The lowest BCUT2D eigenvalue weighted by Crippen LogP contribution is -2.40. The zero-order chi connectivity index (χ0) is 11.4. The van der Waals surface area contributed by atoms with Gasteiger partial charge in [0.1, 0.15) is 5.76 Å². The Bertz CT molecular complexity index is 356. The maximum atomic E-state index is 11.8. The third kappa shape index (κ3) is 2.82. The molecule has 0 bridgehead atoms. The number of carbonyl (C=O) groups excluding carboxylic acids is 1. The average Bonchev–Trinajstić information content (AvgIpc) is 2.73. The second-order valence-electron chi connectivity index (χ2n) is 4.13. The van der Waals surface area contributed by atoms with Crippen LogP contribution in [0.3, 0.4) is 0 Å². The summed E-state index contributed by atoms with van der Waals surface area (Å²) in [4.78, 5) is 15.8. The summed E-state index contributed by atoms with van der Waals surface area (Å²) in [7, 11) is 0. The number of piperidine rings is 1. The Morgan fingerprint density at radius 2 is 2.62 bits per heavy atom. The number of amides is 1. The molecule has 0 aliphatic carbocycles. The van der Waals surface area contributed by atoms with E-state index in [9.17, 15) is 4.79 Å². The fraction of sp³-hybridized carbons (Fsp3) is 0.636. The summed E-state index contributed by atoms with van der Waals surface area (Å²) >= 11 is 0. The minimum absolute atomic E-state index is 0.0862. The van der Waals surface area contributed by atoms with E-state index in [1.54, 1.807) is 6.20 Å². The Kier molecular flexibility index (Phi) is 3.56. The minimum atomic E-state index is 0.0862. The van der Waals surface area contributed by atoms with Crippen LogP contribution in [0.15, 0.2) is 10.6 Å². The maximum absolute atomic E-state index is 11.8. The summed E-state index contributed by atoms with van der Waals surface area (Å²) in [5.41, 5.74) is 0. The topological polar surface area (TPSA) is 67.2 Å². The average molecular weight is 223 g/mol. The Hall–Kier alpha value is -1.36. The molecule has 1 aliphatic heterocycles. The first-order chi connectivity index (χ1) is 7.75. The Morgan fingerprint density at radius 3 is 3.25 bits per heavy atom. The normalized spacial score (nSPS) is 20.7. The largest absolute Gasteiger partial charge is 0.444 e. The molecule has 0 saturated carbocycles. The van der Waals surface area contributed by atoms with Crippen molar-refractivity contribution in [2.45, 2.75) is 26.3 Å². The van der Waals surface area contributed by atoms with E-state index in [2.05, 4.69) is 15.6 Å². The van der Waals surface area contributed by atoms with E-state index in [4.69, 9.17) is 4.42 Å². The second-order valence-corrected chi connectivity index (χ2v) is 4.13. The zero-order valence-corrected chi connectivity index (χ0v) is 9.45. The van der Waals surface area contributed by atoms with Crippen LogP contribution in [-0.2, 0) is 11.3 Å². The molecule has 0 unspecified atom stereocenters. The fourth-order valence-corrected chi connectivity index (χ4v) is 1.87. The van der Waals surface area contributed by atoms with E-state index in [0.717, 1.165) is 31.7 Å². The molecule has 0 spiro atoms. The maximum Gasteiger partial charge on any atom is 0.224 e. The van der Waals surface area contributed by atoms with Gasteiger partial charge >= 0.3 is 0 Å². The van der Waals surface area contributed by atoms with Gasteiger partial charge < -0.3 is 15.1 Å². The lowest BCUT2D eigenvalue weighted by Gasteiger charge is -2.21. The summed E-state index contributed by atoms with van der Waals surface area (Å²) in [6, 6.07) is 0. The molecule has 16 heavy (non-hydrogen) atoms. The van der Waals surface area contributed by atoms with E-state index in [1.807, 2.05) is 6.92 Å². The summed E-state index contributed by atoms with van der Waals surface area (Å²) in [6.07, 6.45) is 3.68. The highest BCUT2D eigenvalue weighted by molar-refractivity contribution is 5.78. The number of hydrogen-bond acceptors (Lipinski definition) is 4. The molecule has 1 amide bonds. The number of aryl methyl sites for hydroxylation is 1. The number of nitrogens with zero attached hydrogens (tertiary/aromatic N) is 1. The van der Waals surface area contributed by atoms with Crippen LogP contribution in [-0.4, -0.2) is 24.0 Å². The Balaban J connectivity index is 1.78. The third-order valence-electron chi connectivity index (χ3n) is 2.75. The van der Waals surface area contributed by atoms with Crippen molar-refractivity contribution in [2.75, 3.05) is 13.1 Å². The van der Waals surface area contributed by atoms with E-state index in [0.29, 0.717) is 12.4 Å². The van der Waals surface area contributed by atoms with Crippen LogP contribution < -0.4 is 10.6 Å². The van der Waals surface area contributed by atoms with Crippen LogP contribution in [0.25, 0.3) is 0 Å². The number of hydrogen-bond donors (Lipinski definition) is 2. The first-order valence-electron chi connectivity index (χ1n) is 5.65. The standard InChI is InChI=1S/C11H17N3O2/c1-8-5-13-10(16-8)7-14-11(15)9-3-2-4-12-6-9/h5,9,12H,2-4,6-7H2,1H3,(H,14,15)/t9-/m0/s1. The molecule has 88 valence electrons. The van der Waals surface area contributed by atoms with Crippen LogP contribution in [0, 0.1) is 12.8 Å². The number of rotatable bonds is 3. The van der Waals surface area contributed by atoms with E-state index < -0.39 is 0 Å². The van der Waals surface area contributed by atoms with Gasteiger partial charge in [-0.3, -0.25) is 4.79 Å². The highest BCUT2D eigenvalue weighted by atomic mass is 16.4. The van der Waals surface area contributed by atoms with Crippen LogP contribution in [0.1, 0.15) is 24.5 Å². The van der Waals surface area contributed by atoms with Crippen molar-refractivity contribution in [3.63, 3.8) is 0 Å². The molecular weight excluding hydrogens is 206 g/mol. The molecule has 1 aromatic heterocycles. The molecule has 5 nitrogen and oxygen atoms in total. The summed E-state index contributed by atoms with van der Waals surface area (Å²) in [5.74, 6) is 1.51. The van der Waals surface area contributed by atoms with Crippen molar-refractivity contribution in [1.29, 1.82) is 0 Å². The van der Waals surface area contributed by atoms with Gasteiger partial charge in [0.2, 0.25) is 11.8 Å². The molecule has 1 saturated heterocycles. The van der Waals surface area contributed by atoms with Crippen LogP contribution in [0.5, 0.6) is 0 Å². The number of oxazole rings is 1. The lowest BCUT2D eigenvalue weighted by atomic mass is 9.99. The van der Waals surface area contributed by atoms with Gasteiger partial charge in [0.05, 0.1) is 18.7 Å². The quantitative estimate of drug-likeness (QED) is 0.787. The van der Waals surface area contributed by atoms with Crippen LogP contribution >= 0.6 is 0 Å². The van der Waals surface area contributed by atoms with Crippen molar-refractivity contribution in [1.82, 2.24) is 15.6 Å². The molecule has 1 atom stereocenters. The van der Waals surface area contributed by atoms with E-state index >= 15 is 0 Å². The monoisotopic (exact) mass is 223 g/mol. The highest BCUT2D eigenvalue weighted by Crippen LogP contribution is 2.10. The van der Waals surface area contributed by atoms with Gasteiger partial charge in [-0.2, -0.15) is 0 Å². The van der Waals surface area contributed by atoms with Crippen molar-refractivity contribution < 1.29 is 9.21 Å². The lowest BCUT2D eigenvalue weighted by molar-refractivity contribution is -0.125. The van der Waals surface area contributed by atoms with Crippen molar-refractivity contribution in [3.8, 4) is 0 Å². The van der Waals surface area contributed by atoms with Gasteiger partial charge in [-0.15, -0.1) is 0 Å². The fourth-order valence-electron chi connectivity index (χ4n) is 1.87. The Morgan fingerprint density at radius 1 is 1.75 bits per heavy atom. The first-order valence-corrected chi connectivity index (χ1v) is 5.65. The molecule has 0 aromatic carbocycles. The predicted octanol–water partition coefficient (Wildman–Crippen LogP) is 0.599. The molecule has 1 fully saturated rings. The van der Waals surface area contributed by atoms with Gasteiger partial charge in [0.25, 0.3) is 0 Å². The molecule has 2 N–H and O–H groups in total. The minimum Gasteiger partial charge on any atom is -0.444 e. The van der Waals surface area contributed by atoms with Crippen molar-refractivity contribution in [2.24, 2.45) is 5.92 Å². The Labute approximate surface area is 94.6 Å². The number of aromatic nitrogens is 1. The summed E-state index contributed by atoms with van der Waals surface area (Å²) < 4.78 is 5.28. The molecule has 5 heteroatoms. The molecular formula is C11H17N3O2. The first kappa shape index (κ1) is 11.1. The van der Waals surface area contributed by atoms with E-state index in [1.165, 1.54) is 0 Å². The van der Waals surface area contributed by atoms with Gasteiger partial charge in [-0.1, -0.05) is 0 Å². The number of nitrogens with one attached hydrogen (secondary N) is 2. The van der Waals surface area contributed by atoms with Crippen molar-refractivity contribution >= 4 is 5.91 Å². The second kappa shape index (κ2) is 5.12. The molecule has 0 radical (unpaired) electrons. The van der Waals surface area contributed by atoms with Gasteiger partial charge in [0.15, 0.2) is 0 Å². The summed E-state index contributed by atoms with van der Waals surface area (Å²) in [6.45, 7) is 4.01. The van der Waals surface area contributed by atoms with Gasteiger partial charge in [0, 0.05) is 6.54 Å². The molecule has 1 aromatic rings. The van der Waals surface area contributed by atoms with Crippen LogP contribution in [0.2, 0.25) is 0 Å². The van der Waals surface area contributed by atoms with E-state index in [-0.39, 0.29) is 11.8 Å². The molecule has 2 rings (SSSR count). The summed E-state index contributed by atoms with van der Waals surface area (Å²) in [5, 5.41) is 6.06. The van der Waals surface area contributed by atoms with Gasteiger partial charge in [-0.05, 0) is 26.3 Å².